The lowest BCUT2D eigenvalue weighted by Crippen LogP contribution is -2.21. The van der Waals surface area contributed by atoms with Gasteiger partial charge in [0.1, 0.15) is 5.78 Å². The minimum absolute atomic E-state index is 0.0582. The maximum atomic E-state index is 12.7. The van der Waals surface area contributed by atoms with Crippen LogP contribution in [0.5, 0.6) is 0 Å². The number of Topliss-reactive ketones (excluding diaryl/α,β-unsaturated/α-hetero) is 1. The van der Waals surface area contributed by atoms with Crippen molar-refractivity contribution < 1.29 is 14.3 Å². The standard InChI is InChI=1S/C22H28O.C3H8O.C2H6O.2C2H6/c1-16(17(2)20-11-7-5-8-12-20)15-22(23)19(4)18(3)21-13-9-6-10-14-21;1-3-4-2;1-3-2;2*1-2/h5-14,16-19H,15H2,1-4H3;3H2,1-2H3;1-2H3;2*1-2H3. The molecule has 0 aliphatic rings. The van der Waals surface area contributed by atoms with Crippen LogP contribution >= 0.6 is 0 Å². The first-order valence-electron chi connectivity index (χ1n) is 12.8. The quantitative estimate of drug-likeness (QED) is 0.383. The van der Waals surface area contributed by atoms with Gasteiger partial charge < -0.3 is 9.47 Å². The van der Waals surface area contributed by atoms with Crippen molar-refractivity contribution in [1.82, 2.24) is 0 Å². The lowest BCUT2D eigenvalue weighted by molar-refractivity contribution is -0.123. The van der Waals surface area contributed by atoms with Gasteiger partial charge in [-0.2, -0.15) is 0 Å². The molecule has 34 heavy (non-hydrogen) atoms. The molecule has 0 radical (unpaired) electrons. The Bertz CT molecular complexity index is 653. The van der Waals surface area contributed by atoms with E-state index in [4.69, 9.17) is 0 Å². The Balaban J connectivity index is -0.000000747. The van der Waals surface area contributed by atoms with Gasteiger partial charge in [0, 0.05) is 40.3 Å². The molecule has 0 saturated carbocycles. The summed E-state index contributed by atoms with van der Waals surface area (Å²) in [6, 6.07) is 20.8. The molecule has 2 rings (SSSR count). The van der Waals surface area contributed by atoms with Crippen LogP contribution in [0, 0.1) is 11.8 Å². The van der Waals surface area contributed by atoms with Crippen LogP contribution in [0.4, 0.5) is 0 Å². The molecular weight excluding hydrogens is 420 g/mol. The first-order chi connectivity index (χ1) is 16.3. The molecule has 0 N–H and O–H groups in total. The molecule has 0 aliphatic heterocycles. The third-order valence-corrected chi connectivity index (χ3v) is 5.57. The molecule has 3 heteroatoms. The van der Waals surface area contributed by atoms with E-state index in [1.165, 1.54) is 11.1 Å². The molecule has 0 heterocycles. The predicted octanol–water partition coefficient (Wildman–Crippen LogP) is 8.79. The average molecular weight is 475 g/mol. The van der Waals surface area contributed by atoms with E-state index in [0.29, 0.717) is 24.0 Å². The summed E-state index contributed by atoms with van der Waals surface area (Å²) in [5.74, 6) is 1.46. The maximum absolute atomic E-state index is 12.7. The Labute approximate surface area is 212 Å². The van der Waals surface area contributed by atoms with Crippen molar-refractivity contribution in [3.05, 3.63) is 71.8 Å². The third kappa shape index (κ3) is 16.6. The molecule has 4 atom stereocenters. The summed E-state index contributed by atoms with van der Waals surface area (Å²) >= 11 is 0. The van der Waals surface area contributed by atoms with E-state index >= 15 is 0 Å². The molecule has 4 unspecified atom stereocenters. The van der Waals surface area contributed by atoms with Gasteiger partial charge in [-0.3, -0.25) is 4.79 Å². The van der Waals surface area contributed by atoms with Gasteiger partial charge in [0.15, 0.2) is 0 Å². The summed E-state index contributed by atoms with van der Waals surface area (Å²) in [5, 5.41) is 0. The Kier molecular flexibility index (Phi) is 27.6. The highest BCUT2D eigenvalue weighted by Crippen LogP contribution is 2.31. The highest BCUT2D eigenvalue weighted by atomic mass is 16.5. The highest BCUT2D eigenvalue weighted by Gasteiger charge is 2.25. The topological polar surface area (TPSA) is 35.5 Å². The maximum Gasteiger partial charge on any atom is 0.136 e. The molecule has 196 valence electrons. The van der Waals surface area contributed by atoms with Crippen LogP contribution in [-0.2, 0) is 14.3 Å². The fourth-order valence-electron chi connectivity index (χ4n) is 3.09. The number of carbonyl (C=O) groups is 1. The smallest absolute Gasteiger partial charge is 0.136 e. The minimum Gasteiger partial charge on any atom is -0.388 e. The number of carbonyl (C=O) groups excluding carboxylic acids is 1. The van der Waals surface area contributed by atoms with Crippen LogP contribution in [0.1, 0.15) is 91.7 Å². The minimum atomic E-state index is 0.0582. The molecule has 2 aromatic carbocycles. The van der Waals surface area contributed by atoms with E-state index in [9.17, 15) is 4.79 Å². The molecule has 0 saturated heterocycles. The normalized spacial score (nSPS) is 12.8. The molecular formula is C31H54O3. The van der Waals surface area contributed by atoms with Crippen LogP contribution in [0.15, 0.2) is 60.7 Å². The predicted molar refractivity (Wildman–Crippen MR) is 151 cm³/mol. The molecule has 0 aromatic heterocycles. The van der Waals surface area contributed by atoms with E-state index < -0.39 is 0 Å². The van der Waals surface area contributed by atoms with Crippen molar-refractivity contribution in [3.8, 4) is 0 Å². The van der Waals surface area contributed by atoms with E-state index in [1.54, 1.807) is 21.3 Å². The van der Waals surface area contributed by atoms with Gasteiger partial charge in [0.25, 0.3) is 0 Å². The SMILES string of the molecule is CC.CC.CC(CC(=O)C(C)C(C)c1ccccc1)C(C)c1ccccc1.CCOC.COC. The molecule has 0 aliphatic carbocycles. The van der Waals surface area contributed by atoms with Crippen LogP contribution in [0.25, 0.3) is 0 Å². The monoisotopic (exact) mass is 474 g/mol. The summed E-state index contributed by atoms with van der Waals surface area (Å²) < 4.78 is 8.79. The second-order valence-electron chi connectivity index (χ2n) is 7.82. The van der Waals surface area contributed by atoms with Gasteiger partial charge in [-0.15, -0.1) is 0 Å². The molecule has 0 spiro atoms. The van der Waals surface area contributed by atoms with Crippen LogP contribution in [0.3, 0.4) is 0 Å². The fraction of sp³-hybridized carbons (Fsp3) is 0.581. The van der Waals surface area contributed by atoms with Crippen LogP contribution in [-0.4, -0.2) is 33.7 Å². The van der Waals surface area contributed by atoms with Crippen LogP contribution < -0.4 is 0 Å². The number of methoxy groups -OCH3 is 2. The van der Waals surface area contributed by atoms with E-state index in [1.807, 2.05) is 58.9 Å². The first kappa shape index (κ1) is 36.6. The van der Waals surface area contributed by atoms with Crippen molar-refractivity contribution in [2.75, 3.05) is 27.9 Å². The summed E-state index contributed by atoms with van der Waals surface area (Å²) in [7, 11) is 4.93. The molecule has 0 fully saturated rings. The van der Waals surface area contributed by atoms with Gasteiger partial charge in [-0.05, 0) is 35.8 Å². The van der Waals surface area contributed by atoms with Gasteiger partial charge in [-0.25, -0.2) is 0 Å². The number of benzene rings is 2. The van der Waals surface area contributed by atoms with Gasteiger partial charge in [0.2, 0.25) is 0 Å². The molecule has 0 bridgehead atoms. The van der Waals surface area contributed by atoms with Gasteiger partial charge in [-0.1, -0.05) is 116 Å². The van der Waals surface area contributed by atoms with Gasteiger partial charge >= 0.3 is 0 Å². The first-order valence-corrected chi connectivity index (χ1v) is 12.8. The number of hydrogen-bond donors (Lipinski definition) is 0. The van der Waals surface area contributed by atoms with Crippen molar-refractivity contribution in [3.63, 3.8) is 0 Å². The summed E-state index contributed by atoms with van der Waals surface area (Å²) in [4.78, 5) is 12.7. The lowest BCUT2D eigenvalue weighted by atomic mass is 9.79. The van der Waals surface area contributed by atoms with Crippen molar-refractivity contribution in [2.24, 2.45) is 11.8 Å². The number of ketones is 1. The highest BCUT2D eigenvalue weighted by molar-refractivity contribution is 5.81. The number of hydrogen-bond acceptors (Lipinski definition) is 3. The molecule has 2 aromatic rings. The van der Waals surface area contributed by atoms with E-state index in [0.717, 1.165) is 6.61 Å². The van der Waals surface area contributed by atoms with Gasteiger partial charge in [0.05, 0.1) is 0 Å². The Morgan fingerprint density at radius 3 is 1.35 bits per heavy atom. The second-order valence-corrected chi connectivity index (χ2v) is 7.82. The largest absolute Gasteiger partial charge is 0.388 e. The molecule has 0 amide bonds. The average Bonchev–Trinajstić information content (AvgIpc) is 2.91. The van der Waals surface area contributed by atoms with E-state index in [2.05, 4.69) is 73.6 Å². The second kappa shape index (κ2) is 25.6. The van der Waals surface area contributed by atoms with Crippen molar-refractivity contribution in [2.45, 2.75) is 80.6 Å². The Morgan fingerprint density at radius 2 is 1.03 bits per heavy atom. The Morgan fingerprint density at radius 1 is 0.706 bits per heavy atom. The Hall–Kier alpha value is -1.97. The fourth-order valence-corrected chi connectivity index (χ4v) is 3.09. The lowest BCUT2D eigenvalue weighted by Gasteiger charge is -2.24. The van der Waals surface area contributed by atoms with Crippen molar-refractivity contribution >= 4 is 5.78 Å². The van der Waals surface area contributed by atoms with Crippen molar-refractivity contribution in [1.29, 1.82) is 0 Å². The summed E-state index contributed by atoms with van der Waals surface area (Å²) in [6.45, 7) is 19.4. The van der Waals surface area contributed by atoms with E-state index in [-0.39, 0.29) is 11.8 Å². The summed E-state index contributed by atoms with van der Waals surface area (Å²) in [5.41, 5.74) is 2.56. The third-order valence-electron chi connectivity index (χ3n) is 5.57. The number of ether oxygens (including phenoxy) is 2. The zero-order valence-corrected chi connectivity index (χ0v) is 24.2. The zero-order valence-electron chi connectivity index (χ0n) is 24.2. The molecule has 3 nitrogen and oxygen atoms in total. The number of rotatable bonds is 8. The summed E-state index contributed by atoms with van der Waals surface area (Å²) in [6.07, 6.45) is 0.647. The van der Waals surface area contributed by atoms with Crippen LogP contribution in [0.2, 0.25) is 0 Å². The zero-order chi connectivity index (χ0) is 26.9.